The zero-order chi connectivity index (χ0) is 20.8. The summed E-state index contributed by atoms with van der Waals surface area (Å²) in [7, 11) is 4.75. The van der Waals surface area contributed by atoms with Gasteiger partial charge in [0.1, 0.15) is 0 Å². The van der Waals surface area contributed by atoms with Crippen LogP contribution in [0.25, 0.3) is 0 Å². The quantitative estimate of drug-likeness (QED) is 0.734. The molecule has 0 radical (unpaired) electrons. The first-order valence-electron chi connectivity index (χ1n) is 10.1. The minimum atomic E-state index is -0.585. The predicted octanol–water partition coefficient (Wildman–Crippen LogP) is 3.27. The summed E-state index contributed by atoms with van der Waals surface area (Å²) >= 11 is 0. The van der Waals surface area contributed by atoms with Crippen LogP contribution in [0.15, 0.2) is 36.4 Å². The Hall–Kier alpha value is -2.44. The molecule has 1 aliphatic rings. The smallest absolute Gasteiger partial charge is 0.203 e. The van der Waals surface area contributed by atoms with Crippen molar-refractivity contribution in [2.75, 3.05) is 59.0 Å². The Balaban J connectivity index is 1.56. The molecule has 0 amide bonds. The van der Waals surface area contributed by atoms with Crippen molar-refractivity contribution < 1.29 is 19.3 Å². The van der Waals surface area contributed by atoms with E-state index in [0.717, 1.165) is 38.3 Å². The Kier molecular flexibility index (Phi) is 7.23. The largest absolute Gasteiger partial charge is 0.493 e. The number of piperazine rings is 1. The van der Waals surface area contributed by atoms with E-state index in [1.807, 2.05) is 12.1 Å². The van der Waals surface area contributed by atoms with Gasteiger partial charge in [0.2, 0.25) is 5.75 Å². The number of para-hydroxylation sites is 1. The average molecular weight is 401 g/mol. The third kappa shape index (κ3) is 4.95. The lowest BCUT2D eigenvalue weighted by atomic mass is 10.0. The first kappa shape index (κ1) is 21.3. The summed E-state index contributed by atoms with van der Waals surface area (Å²) in [5.74, 6) is 1.67. The van der Waals surface area contributed by atoms with Gasteiger partial charge in [-0.2, -0.15) is 0 Å². The number of benzene rings is 2. The minimum Gasteiger partial charge on any atom is -0.493 e. The fraction of sp³-hybridized carbons (Fsp3) is 0.478. The van der Waals surface area contributed by atoms with Crippen LogP contribution in [0.2, 0.25) is 0 Å². The normalized spacial score (nSPS) is 15.8. The molecule has 2 aromatic carbocycles. The lowest BCUT2D eigenvalue weighted by molar-refractivity contribution is 0.139. The highest BCUT2D eigenvalue weighted by molar-refractivity contribution is 5.54. The van der Waals surface area contributed by atoms with Gasteiger partial charge in [-0.05, 0) is 42.7 Å². The molecule has 29 heavy (non-hydrogen) atoms. The molecule has 1 heterocycles. The van der Waals surface area contributed by atoms with E-state index in [0.29, 0.717) is 23.7 Å². The number of aryl methyl sites for hydroxylation is 1. The SMILES string of the molecule is COc1cc(C(O)CCN2CCN(c3ccccc3C)CC2)cc(OC)c1OC. The first-order chi connectivity index (χ1) is 14.1. The van der Waals surface area contributed by atoms with Crippen molar-refractivity contribution in [2.45, 2.75) is 19.4 Å². The minimum absolute atomic E-state index is 0.540. The monoisotopic (exact) mass is 400 g/mol. The van der Waals surface area contributed by atoms with Crippen LogP contribution in [-0.2, 0) is 0 Å². The van der Waals surface area contributed by atoms with Gasteiger partial charge < -0.3 is 24.2 Å². The third-order valence-corrected chi connectivity index (χ3v) is 5.62. The maximum Gasteiger partial charge on any atom is 0.203 e. The zero-order valence-electron chi connectivity index (χ0n) is 17.9. The van der Waals surface area contributed by atoms with E-state index in [-0.39, 0.29) is 0 Å². The third-order valence-electron chi connectivity index (χ3n) is 5.62. The van der Waals surface area contributed by atoms with Crippen molar-refractivity contribution in [2.24, 2.45) is 0 Å². The highest BCUT2D eigenvalue weighted by atomic mass is 16.5. The zero-order valence-corrected chi connectivity index (χ0v) is 17.9. The number of methoxy groups -OCH3 is 3. The summed E-state index contributed by atoms with van der Waals surface area (Å²) in [6, 6.07) is 12.2. The Morgan fingerprint density at radius 1 is 0.931 bits per heavy atom. The molecule has 0 bridgehead atoms. The number of hydrogen-bond acceptors (Lipinski definition) is 6. The van der Waals surface area contributed by atoms with Crippen LogP contribution >= 0.6 is 0 Å². The van der Waals surface area contributed by atoms with Crippen molar-refractivity contribution >= 4 is 5.69 Å². The summed E-state index contributed by atoms with van der Waals surface area (Å²) in [5.41, 5.74) is 3.42. The van der Waals surface area contributed by atoms with Crippen molar-refractivity contribution in [3.05, 3.63) is 47.5 Å². The highest BCUT2D eigenvalue weighted by Gasteiger charge is 2.21. The van der Waals surface area contributed by atoms with Crippen molar-refractivity contribution in [3.8, 4) is 17.2 Å². The van der Waals surface area contributed by atoms with Crippen LogP contribution in [-0.4, -0.2) is 64.1 Å². The molecule has 0 aromatic heterocycles. The molecular formula is C23H32N2O4. The maximum atomic E-state index is 10.7. The Morgan fingerprint density at radius 3 is 2.10 bits per heavy atom. The summed E-state index contributed by atoms with van der Waals surface area (Å²) in [4.78, 5) is 4.86. The number of aliphatic hydroxyl groups excluding tert-OH is 1. The van der Waals surface area contributed by atoms with Gasteiger partial charge in [0, 0.05) is 38.4 Å². The Labute approximate surface area is 173 Å². The molecule has 6 nitrogen and oxygen atoms in total. The van der Waals surface area contributed by atoms with Crippen molar-refractivity contribution in [3.63, 3.8) is 0 Å². The van der Waals surface area contributed by atoms with Gasteiger partial charge >= 0.3 is 0 Å². The number of ether oxygens (including phenoxy) is 3. The van der Waals surface area contributed by atoms with Crippen LogP contribution in [0.4, 0.5) is 5.69 Å². The molecule has 1 N–H and O–H groups in total. The van der Waals surface area contributed by atoms with Crippen LogP contribution in [0, 0.1) is 6.92 Å². The molecule has 0 saturated carbocycles. The number of nitrogens with zero attached hydrogens (tertiary/aromatic N) is 2. The first-order valence-corrected chi connectivity index (χ1v) is 10.1. The van der Waals surface area contributed by atoms with E-state index in [4.69, 9.17) is 14.2 Å². The van der Waals surface area contributed by atoms with Crippen LogP contribution in [0.3, 0.4) is 0 Å². The van der Waals surface area contributed by atoms with Gasteiger partial charge in [0.15, 0.2) is 11.5 Å². The van der Waals surface area contributed by atoms with Gasteiger partial charge in [0.05, 0.1) is 27.4 Å². The number of rotatable bonds is 8. The van der Waals surface area contributed by atoms with Gasteiger partial charge in [-0.15, -0.1) is 0 Å². The molecule has 6 heteroatoms. The van der Waals surface area contributed by atoms with E-state index in [9.17, 15) is 5.11 Å². The molecule has 1 unspecified atom stereocenters. The molecule has 1 atom stereocenters. The number of anilines is 1. The number of aliphatic hydroxyl groups is 1. The average Bonchev–Trinajstić information content (AvgIpc) is 2.77. The maximum absolute atomic E-state index is 10.7. The predicted molar refractivity (Wildman–Crippen MR) is 116 cm³/mol. The highest BCUT2D eigenvalue weighted by Crippen LogP contribution is 2.40. The molecule has 2 aromatic rings. The molecule has 1 saturated heterocycles. The van der Waals surface area contributed by atoms with E-state index < -0.39 is 6.10 Å². The van der Waals surface area contributed by atoms with Gasteiger partial charge in [-0.3, -0.25) is 4.90 Å². The summed E-state index contributed by atoms with van der Waals surface area (Å²) in [6.07, 6.45) is 0.0707. The van der Waals surface area contributed by atoms with Crippen LogP contribution in [0.1, 0.15) is 23.7 Å². The van der Waals surface area contributed by atoms with E-state index in [2.05, 4.69) is 41.0 Å². The fourth-order valence-electron chi connectivity index (χ4n) is 3.90. The van der Waals surface area contributed by atoms with Crippen LogP contribution < -0.4 is 19.1 Å². The van der Waals surface area contributed by atoms with Gasteiger partial charge in [-0.1, -0.05) is 18.2 Å². The van der Waals surface area contributed by atoms with Crippen molar-refractivity contribution in [1.29, 1.82) is 0 Å². The van der Waals surface area contributed by atoms with Crippen molar-refractivity contribution in [1.82, 2.24) is 4.90 Å². The molecule has 1 aliphatic heterocycles. The molecule has 0 aliphatic carbocycles. The second-order valence-corrected chi connectivity index (χ2v) is 7.38. The Bertz CT molecular complexity index is 778. The fourth-order valence-corrected chi connectivity index (χ4v) is 3.90. The second kappa shape index (κ2) is 9.85. The second-order valence-electron chi connectivity index (χ2n) is 7.38. The summed E-state index contributed by atoms with van der Waals surface area (Å²) in [5, 5.41) is 10.7. The molecular weight excluding hydrogens is 368 g/mol. The van der Waals surface area contributed by atoms with E-state index in [1.165, 1.54) is 11.3 Å². The lowest BCUT2D eigenvalue weighted by Gasteiger charge is -2.37. The van der Waals surface area contributed by atoms with Gasteiger partial charge in [0.25, 0.3) is 0 Å². The van der Waals surface area contributed by atoms with E-state index >= 15 is 0 Å². The molecule has 0 spiro atoms. The molecule has 1 fully saturated rings. The summed E-state index contributed by atoms with van der Waals surface area (Å²) < 4.78 is 16.1. The summed E-state index contributed by atoms with van der Waals surface area (Å²) in [6.45, 7) is 7.01. The molecule has 3 rings (SSSR count). The lowest BCUT2D eigenvalue weighted by Crippen LogP contribution is -2.47. The standard InChI is InChI=1S/C23H32N2O4/c1-17-7-5-6-8-19(17)25-13-11-24(12-14-25)10-9-20(26)18-15-21(27-2)23(29-4)22(16-18)28-3/h5-8,15-16,20,26H,9-14H2,1-4H3. The molecule has 158 valence electrons. The Morgan fingerprint density at radius 2 is 1.55 bits per heavy atom. The topological polar surface area (TPSA) is 54.4 Å². The number of hydrogen-bond donors (Lipinski definition) is 1. The van der Waals surface area contributed by atoms with Crippen LogP contribution in [0.5, 0.6) is 17.2 Å². The van der Waals surface area contributed by atoms with E-state index in [1.54, 1.807) is 21.3 Å². The van der Waals surface area contributed by atoms with Gasteiger partial charge in [-0.25, -0.2) is 0 Å².